The second kappa shape index (κ2) is 5.42. The molecule has 1 aliphatic rings. The third-order valence-electron chi connectivity index (χ3n) is 3.95. The number of Topliss-reactive ketones (excluding diaryl/α,β-unsaturated/α-hetero) is 1. The molecule has 0 unspecified atom stereocenters. The number of carbonyl (C=O) groups excluding carboxylic acids is 2. The number of ketones is 2. The van der Waals surface area contributed by atoms with Crippen molar-refractivity contribution >= 4 is 11.6 Å². The van der Waals surface area contributed by atoms with Crippen LogP contribution in [0.5, 0.6) is 5.75 Å². The van der Waals surface area contributed by atoms with Crippen LogP contribution in [-0.4, -0.2) is 27.8 Å². The van der Waals surface area contributed by atoms with E-state index >= 15 is 0 Å². The quantitative estimate of drug-likeness (QED) is 0.934. The molecule has 22 heavy (non-hydrogen) atoms. The minimum Gasteiger partial charge on any atom is -0.488 e. The number of hydrogen-bond acceptors (Lipinski definition) is 4. The number of aromatic nitrogens is 1. The number of rotatable bonds is 3. The van der Waals surface area contributed by atoms with Crippen LogP contribution in [0.1, 0.15) is 32.9 Å². The highest BCUT2D eigenvalue weighted by molar-refractivity contribution is 6.11. The highest BCUT2D eigenvalue weighted by atomic mass is 16.5. The van der Waals surface area contributed by atoms with Crippen molar-refractivity contribution in [1.82, 2.24) is 4.57 Å². The molecule has 0 saturated carbocycles. The van der Waals surface area contributed by atoms with Gasteiger partial charge in [0.05, 0.1) is 11.3 Å². The lowest BCUT2D eigenvalue weighted by molar-refractivity contribution is -0.121. The van der Waals surface area contributed by atoms with E-state index in [4.69, 9.17) is 9.84 Å². The summed E-state index contributed by atoms with van der Waals surface area (Å²) < 4.78 is 7.48. The summed E-state index contributed by atoms with van der Waals surface area (Å²) >= 11 is 0. The molecule has 0 spiro atoms. The largest absolute Gasteiger partial charge is 0.488 e. The number of aryl methyl sites for hydroxylation is 1. The van der Waals surface area contributed by atoms with E-state index in [2.05, 4.69) is 0 Å². The Morgan fingerprint density at radius 1 is 1.36 bits per heavy atom. The summed E-state index contributed by atoms with van der Waals surface area (Å²) in [7, 11) is 1.76. The van der Waals surface area contributed by atoms with E-state index in [1.165, 1.54) is 0 Å². The summed E-state index contributed by atoms with van der Waals surface area (Å²) in [5.41, 5.74) is 3.58. The van der Waals surface area contributed by atoms with Crippen molar-refractivity contribution in [3.63, 3.8) is 0 Å². The van der Waals surface area contributed by atoms with Crippen molar-refractivity contribution in [2.45, 2.75) is 20.0 Å². The SMILES string of the molecule is Cc1ccc2c(c1)OCc1cc(CC(=O)CO)n(C)c1C2=O. The molecule has 1 aliphatic heterocycles. The van der Waals surface area contributed by atoms with Gasteiger partial charge in [0.1, 0.15) is 19.0 Å². The van der Waals surface area contributed by atoms with Gasteiger partial charge in [-0.1, -0.05) is 6.07 Å². The summed E-state index contributed by atoms with van der Waals surface area (Å²) in [6, 6.07) is 7.31. The molecular formula is C17H17NO4. The van der Waals surface area contributed by atoms with E-state index < -0.39 is 6.61 Å². The Kier molecular flexibility index (Phi) is 3.58. The van der Waals surface area contributed by atoms with Crippen LogP contribution < -0.4 is 4.74 Å². The smallest absolute Gasteiger partial charge is 0.213 e. The number of carbonyl (C=O) groups is 2. The van der Waals surface area contributed by atoms with Crippen LogP contribution in [0.15, 0.2) is 24.3 Å². The summed E-state index contributed by atoms with van der Waals surface area (Å²) in [5, 5.41) is 8.89. The van der Waals surface area contributed by atoms with Gasteiger partial charge in [-0.15, -0.1) is 0 Å². The molecule has 0 radical (unpaired) electrons. The molecule has 0 saturated heterocycles. The van der Waals surface area contributed by atoms with E-state index in [0.29, 0.717) is 29.3 Å². The van der Waals surface area contributed by atoms with E-state index in [1.807, 2.05) is 19.1 Å². The molecule has 2 heterocycles. The first-order valence-corrected chi connectivity index (χ1v) is 7.09. The predicted molar refractivity (Wildman–Crippen MR) is 80.2 cm³/mol. The van der Waals surface area contributed by atoms with Gasteiger partial charge in [0.2, 0.25) is 5.78 Å². The Hall–Kier alpha value is -2.40. The maximum absolute atomic E-state index is 12.8. The number of hydrogen-bond donors (Lipinski definition) is 1. The molecule has 5 heteroatoms. The first-order valence-electron chi connectivity index (χ1n) is 7.09. The number of benzene rings is 1. The van der Waals surface area contributed by atoms with Gasteiger partial charge in [-0.25, -0.2) is 0 Å². The molecule has 5 nitrogen and oxygen atoms in total. The number of aliphatic hydroxyl groups excluding tert-OH is 1. The Balaban J connectivity index is 2.06. The minimum atomic E-state index is -0.498. The lowest BCUT2D eigenvalue weighted by Gasteiger charge is -2.08. The maximum Gasteiger partial charge on any atom is 0.213 e. The van der Waals surface area contributed by atoms with Gasteiger partial charge in [0, 0.05) is 24.7 Å². The molecule has 0 aliphatic carbocycles. The third kappa shape index (κ3) is 2.33. The molecule has 0 bridgehead atoms. The highest BCUT2D eigenvalue weighted by Gasteiger charge is 2.27. The number of aliphatic hydroxyl groups is 1. The molecule has 1 N–H and O–H groups in total. The van der Waals surface area contributed by atoms with Gasteiger partial charge in [0.25, 0.3) is 0 Å². The molecule has 3 rings (SSSR count). The van der Waals surface area contributed by atoms with Crippen molar-refractivity contribution in [3.8, 4) is 5.75 Å². The Bertz CT molecular complexity index is 773. The van der Waals surface area contributed by atoms with Gasteiger partial charge in [-0.05, 0) is 30.7 Å². The maximum atomic E-state index is 12.8. The van der Waals surface area contributed by atoms with Crippen molar-refractivity contribution in [2.75, 3.05) is 6.61 Å². The monoisotopic (exact) mass is 299 g/mol. The molecule has 1 aromatic carbocycles. The van der Waals surface area contributed by atoms with Crippen LogP contribution in [-0.2, 0) is 24.9 Å². The van der Waals surface area contributed by atoms with Crippen LogP contribution in [0, 0.1) is 6.92 Å². The number of ether oxygens (including phenoxy) is 1. The first-order chi connectivity index (χ1) is 10.5. The van der Waals surface area contributed by atoms with Gasteiger partial charge >= 0.3 is 0 Å². The lowest BCUT2D eigenvalue weighted by Crippen LogP contribution is -2.13. The fourth-order valence-corrected chi connectivity index (χ4v) is 2.78. The molecule has 1 aromatic heterocycles. The van der Waals surface area contributed by atoms with Crippen LogP contribution in [0.25, 0.3) is 0 Å². The Morgan fingerprint density at radius 3 is 2.86 bits per heavy atom. The number of fused-ring (bicyclic) bond motifs is 2. The molecule has 2 aromatic rings. The van der Waals surface area contributed by atoms with E-state index in [-0.39, 0.29) is 18.0 Å². The standard InChI is InChI=1S/C17H17NO4/c1-10-3-4-14-15(5-10)22-9-11-6-12(7-13(20)8-19)18(2)16(11)17(14)21/h3-6,19H,7-9H2,1-2H3. The zero-order valence-electron chi connectivity index (χ0n) is 12.5. The van der Waals surface area contributed by atoms with Crippen molar-refractivity contribution in [2.24, 2.45) is 7.05 Å². The second-order valence-electron chi connectivity index (χ2n) is 5.56. The second-order valence-corrected chi connectivity index (χ2v) is 5.56. The molecule has 0 atom stereocenters. The minimum absolute atomic E-state index is 0.104. The van der Waals surface area contributed by atoms with Gasteiger partial charge in [-0.2, -0.15) is 0 Å². The van der Waals surface area contributed by atoms with E-state index in [9.17, 15) is 9.59 Å². The van der Waals surface area contributed by atoms with Crippen LogP contribution in [0.2, 0.25) is 0 Å². The van der Waals surface area contributed by atoms with Crippen LogP contribution in [0.4, 0.5) is 0 Å². The lowest BCUT2D eigenvalue weighted by atomic mass is 10.0. The normalized spacial score (nSPS) is 13.1. The summed E-state index contributed by atoms with van der Waals surface area (Å²) in [5.74, 6) is 0.210. The summed E-state index contributed by atoms with van der Waals surface area (Å²) in [6.45, 7) is 1.74. The molecular weight excluding hydrogens is 282 g/mol. The van der Waals surface area contributed by atoms with Gasteiger partial charge in [-0.3, -0.25) is 9.59 Å². The van der Waals surface area contributed by atoms with Crippen molar-refractivity contribution in [1.29, 1.82) is 0 Å². The fourth-order valence-electron chi connectivity index (χ4n) is 2.78. The van der Waals surface area contributed by atoms with Gasteiger partial charge < -0.3 is 14.4 Å². The first kappa shape index (κ1) is 14.5. The Labute approximate surface area is 128 Å². The zero-order valence-corrected chi connectivity index (χ0v) is 12.5. The zero-order chi connectivity index (χ0) is 15.9. The average Bonchev–Trinajstić information content (AvgIpc) is 2.73. The van der Waals surface area contributed by atoms with E-state index in [0.717, 1.165) is 11.1 Å². The molecule has 114 valence electrons. The third-order valence-corrected chi connectivity index (χ3v) is 3.95. The van der Waals surface area contributed by atoms with Gasteiger partial charge in [0.15, 0.2) is 5.78 Å². The number of nitrogens with zero attached hydrogens (tertiary/aromatic N) is 1. The van der Waals surface area contributed by atoms with Crippen molar-refractivity contribution < 1.29 is 19.4 Å². The molecule has 0 fully saturated rings. The van der Waals surface area contributed by atoms with Crippen LogP contribution >= 0.6 is 0 Å². The fraction of sp³-hybridized carbons (Fsp3) is 0.294. The van der Waals surface area contributed by atoms with Crippen LogP contribution in [0.3, 0.4) is 0 Å². The topological polar surface area (TPSA) is 68.5 Å². The Morgan fingerprint density at radius 2 is 2.14 bits per heavy atom. The summed E-state index contributed by atoms with van der Waals surface area (Å²) in [4.78, 5) is 24.2. The predicted octanol–water partition coefficient (Wildman–Crippen LogP) is 1.56. The summed E-state index contributed by atoms with van der Waals surface area (Å²) in [6.07, 6.45) is 0.105. The highest BCUT2D eigenvalue weighted by Crippen LogP contribution is 2.30. The van der Waals surface area contributed by atoms with E-state index in [1.54, 1.807) is 23.7 Å². The van der Waals surface area contributed by atoms with Crippen molar-refractivity contribution in [3.05, 3.63) is 52.3 Å². The average molecular weight is 299 g/mol. The molecule has 0 amide bonds.